The number of ketones is 2. The van der Waals surface area contributed by atoms with Crippen molar-refractivity contribution in [2.24, 2.45) is 0 Å². The van der Waals surface area contributed by atoms with Crippen molar-refractivity contribution >= 4 is 29.2 Å². The normalized spacial score (nSPS) is 15.2. The second-order valence-electron chi connectivity index (χ2n) is 7.10. The first kappa shape index (κ1) is 20.0. The van der Waals surface area contributed by atoms with E-state index in [1.54, 1.807) is 42.6 Å². The number of rotatable bonds is 7. The molecule has 30 heavy (non-hydrogen) atoms. The summed E-state index contributed by atoms with van der Waals surface area (Å²) in [6, 6.07) is 10.7. The van der Waals surface area contributed by atoms with E-state index in [-0.39, 0.29) is 17.7 Å². The van der Waals surface area contributed by atoms with Gasteiger partial charge in [-0.3, -0.25) is 9.59 Å². The number of aromatic nitrogens is 2. The molecule has 1 aromatic carbocycles. The maximum atomic E-state index is 12.2. The van der Waals surface area contributed by atoms with Crippen molar-refractivity contribution in [2.75, 3.05) is 0 Å². The van der Waals surface area contributed by atoms with Crippen molar-refractivity contribution in [1.82, 2.24) is 10.2 Å². The smallest absolute Gasteiger partial charge is 0.194 e. The zero-order valence-electron chi connectivity index (χ0n) is 16.3. The average molecular weight is 423 g/mol. The van der Waals surface area contributed by atoms with Crippen LogP contribution in [-0.2, 0) is 11.2 Å². The highest BCUT2D eigenvalue weighted by Crippen LogP contribution is 2.40. The number of benzene rings is 1. The van der Waals surface area contributed by atoms with Gasteiger partial charge in [-0.25, -0.2) is 0 Å². The minimum absolute atomic E-state index is 0.000608. The third-order valence-corrected chi connectivity index (χ3v) is 5.12. The van der Waals surface area contributed by atoms with Crippen molar-refractivity contribution in [3.05, 3.63) is 70.7 Å². The van der Waals surface area contributed by atoms with E-state index >= 15 is 0 Å². The molecule has 4 rings (SSSR count). The highest BCUT2D eigenvalue weighted by molar-refractivity contribution is 6.32. The molecule has 0 radical (unpaired) electrons. The molecule has 0 N–H and O–H groups in total. The third-order valence-electron chi connectivity index (χ3n) is 4.84. The lowest BCUT2D eigenvalue weighted by Crippen LogP contribution is -2.14. The monoisotopic (exact) mass is 422 g/mol. The predicted molar refractivity (Wildman–Crippen MR) is 113 cm³/mol. The lowest BCUT2D eigenvalue weighted by atomic mass is 10.0. The van der Waals surface area contributed by atoms with Gasteiger partial charge in [0.1, 0.15) is 17.6 Å². The molecule has 0 aliphatic carbocycles. The standard InChI is InChI=1S/C23H19ClN2O4/c1-14(27)21-8-9-22(30-21)15-11-16-12-19(29-23(16)20(24)13-15)7-6-18(28)5-4-17-3-2-10-25-26-17/h2-5,8-11,13,19H,6-7,12H2,1H3/b5-4+. The van der Waals surface area contributed by atoms with Crippen LogP contribution in [0.3, 0.4) is 0 Å². The fourth-order valence-electron chi connectivity index (χ4n) is 3.34. The van der Waals surface area contributed by atoms with Crippen LogP contribution in [0, 0.1) is 0 Å². The minimum atomic E-state index is -0.130. The average Bonchev–Trinajstić information content (AvgIpc) is 3.39. The Morgan fingerprint density at radius 2 is 2.13 bits per heavy atom. The number of halogens is 1. The summed E-state index contributed by atoms with van der Waals surface area (Å²) >= 11 is 6.42. The fourth-order valence-corrected chi connectivity index (χ4v) is 3.62. The van der Waals surface area contributed by atoms with Crippen molar-refractivity contribution in [2.45, 2.75) is 32.3 Å². The molecule has 2 aromatic heterocycles. The first-order valence-electron chi connectivity index (χ1n) is 9.58. The van der Waals surface area contributed by atoms with Gasteiger partial charge in [0.2, 0.25) is 0 Å². The van der Waals surface area contributed by atoms with Crippen molar-refractivity contribution in [3.8, 4) is 17.1 Å². The maximum absolute atomic E-state index is 12.2. The molecule has 6 nitrogen and oxygen atoms in total. The lowest BCUT2D eigenvalue weighted by molar-refractivity contribution is -0.115. The topological polar surface area (TPSA) is 82.3 Å². The van der Waals surface area contributed by atoms with E-state index in [0.29, 0.717) is 47.2 Å². The molecule has 3 heterocycles. The number of hydrogen-bond acceptors (Lipinski definition) is 6. The summed E-state index contributed by atoms with van der Waals surface area (Å²) in [7, 11) is 0. The molecule has 0 bridgehead atoms. The summed E-state index contributed by atoms with van der Waals surface area (Å²) in [5.74, 6) is 1.40. The van der Waals surface area contributed by atoms with Crippen LogP contribution < -0.4 is 4.74 Å². The zero-order chi connectivity index (χ0) is 21.1. The van der Waals surface area contributed by atoms with Gasteiger partial charge in [-0.1, -0.05) is 11.6 Å². The van der Waals surface area contributed by atoms with Gasteiger partial charge in [0.15, 0.2) is 17.3 Å². The van der Waals surface area contributed by atoms with Gasteiger partial charge in [0, 0.05) is 37.1 Å². The number of furan rings is 1. The minimum Gasteiger partial charge on any atom is -0.488 e. The Kier molecular flexibility index (Phi) is 5.77. The van der Waals surface area contributed by atoms with E-state index in [1.165, 1.54) is 13.0 Å². The number of nitrogens with zero attached hydrogens (tertiary/aromatic N) is 2. The van der Waals surface area contributed by atoms with Crippen LogP contribution in [0.1, 0.15) is 41.6 Å². The molecule has 1 aliphatic rings. The van der Waals surface area contributed by atoms with Gasteiger partial charge in [0.05, 0.1) is 10.7 Å². The molecular formula is C23H19ClN2O4. The van der Waals surface area contributed by atoms with E-state index in [0.717, 1.165) is 11.1 Å². The Morgan fingerprint density at radius 3 is 2.87 bits per heavy atom. The highest BCUT2D eigenvalue weighted by atomic mass is 35.5. The SMILES string of the molecule is CC(=O)c1ccc(-c2cc(Cl)c3c(c2)CC(CCC(=O)/C=C/c2cccnn2)O3)o1. The van der Waals surface area contributed by atoms with Crippen molar-refractivity contribution in [3.63, 3.8) is 0 Å². The van der Waals surface area contributed by atoms with Gasteiger partial charge in [0.25, 0.3) is 0 Å². The van der Waals surface area contributed by atoms with Crippen LogP contribution in [0.4, 0.5) is 0 Å². The molecule has 152 valence electrons. The van der Waals surface area contributed by atoms with Crippen LogP contribution >= 0.6 is 11.6 Å². The summed E-state index contributed by atoms with van der Waals surface area (Å²) in [6.45, 7) is 1.46. The molecule has 1 unspecified atom stereocenters. The lowest BCUT2D eigenvalue weighted by Gasteiger charge is -2.09. The Morgan fingerprint density at radius 1 is 1.27 bits per heavy atom. The number of fused-ring (bicyclic) bond motifs is 1. The van der Waals surface area contributed by atoms with Crippen LogP contribution in [0.5, 0.6) is 5.75 Å². The van der Waals surface area contributed by atoms with Crippen molar-refractivity contribution in [1.29, 1.82) is 0 Å². The van der Waals surface area contributed by atoms with Gasteiger partial charge < -0.3 is 9.15 Å². The van der Waals surface area contributed by atoms with E-state index in [9.17, 15) is 9.59 Å². The van der Waals surface area contributed by atoms with Crippen LogP contribution in [0.25, 0.3) is 17.4 Å². The van der Waals surface area contributed by atoms with E-state index in [2.05, 4.69) is 10.2 Å². The maximum Gasteiger partial charge on any atom is 0.194 e. The van der Waals surface area contributed by atoms with Crippen LogP contribution in [0.15, 0.2) is 53.1 Å². The molecule has 0 saturated heterocycles. The number of carbonyl (C=O) groups excluding carboxylic acids is 2. The zero-order valence-corrected chi connectivity index (χ0v) is 17.1. The Hall–Kier alpha value is -3.25. The largest absolute Gasteiger partial charge is 0.488 e. The summed E-state index contributed by atoms with van der Waals surface area (Å²) in [5.41, 5.74) is 2.39. The molecule has 0 spiro atoms. The molecule has 7 heteroatoms. The Bertz CT molecular complexity index is 1120. The summed E-state index contributed by atoms with van der Waals surface area (Å²) in [6.07, 6.45) is 6.23. The van der Waals surface area contributed by atoms with Gasteiger partial charge in [-0.2, -0.15) is 10.2 Å². The first-order chi connectivity index (χ1) is 14.5. The predicted octanol–water partition coefficient (Wildman–Crippen LogP) is 4.96. The quantitative estimate of drug-likeness (QED) is 0.395. The Labute approximate surface area is 178 Å². The van der Waals surface area contributed by atoms with E-state index in [4.69, 9.17) is 20.8 Å². The molecule has 1 atom stereocenters. The van der Waals surface area contributed by atoms with Gasteiger partial charge in [-0.05, 0) is 55.0 Å². The van der Waals surface area contributed by atoms with Crippen LogP contribution in [0.2, 0.25) is 5.02 Å². The van der Waals surface area contributed by atoms with Crippen LogP contribution in [-0.4, -0.2) is 27.9 Å². The molecule has 3 aromatic rings. The number of allylic oxidation sites excluding steroid dienone is 1. The summed E-state index contributed by atoms with van der Waals surface area (Å²) < 4.78 is 11.6. The number of hydrogen-bond donors (Lipinski definition) is 0. The molecule has 1 aliphatic heterocycles. The molecule has 0 saturated carbocycles. The van der Waals surface area contributed by atoms with Gasteiger partial charge in [-0.15, -0.1) is 0 Å². The Balaban J connectivity index is 1.39. The summed E-state index contributed by atoms with van der Waals surface area (Å²) in [5, 5.41) is 8.17. The first-order valence-corrected chi connectivity index (χ1v) is 9.96. The second-order valence-corrected chi connectivity index (χ2v) is 7.50. The van der Waals surface area contributed by atoms with E-state index in [1.807, 2.05) is 6.07 Å². The van der Waals surface area contributed by atoms with Crippen molar-refractivity contribution < 1.29 is 18.7 Å². The van der Waals surface area contributed by atoms with E-state index < -0.39 is 0 Å². The van der Waals surface area contributed by atoms with Gasteiger partial charge >= 0.3 is 0 Å². The number of Topliss-reactive ketones (excluding diaryl/α,β-unsaturated/α-hetero) is 1. The summed E-state index contributed by atoms with van der Waals surface area (Å²) in [4.78, 5) is 23.6. The molecule has 0 amide bonds. The molecule has 0 fully saturated rings. The highest BCUT2D eigenvalue weighted by Gasteiger charge is 2.26. The third kappa shape index (κ3) is 4.49. The number of ether oxygens (including phenoxy) is 1. The molecular weight excluding hydrogens is 404 g/mol. The number of carbonyl (C=O) groups is 2. The fraction of sp³-hybridized carbons (Fsp3) is 0.217. The second kappa shape index (κ2) is 8.63.